The lowest BCUT2D eigenvalue weighted by molar-refractivity contribution is 0.0956. The highest BCUT2D eigenvalue weighted by atomic mass is 16.2. The van der Waals surface area contributed by atoms with Crippen LogP contribution in [0.1, 0.15) is 56.5 Å². The molecule has 2 aromatic carbocycles. The molecule has 166 valence electrons. The van der Waals surface area contributed by atoms with Crippen molar-refractivity contribution >= 4 is 22.5 Å². The summed E-state index contributed by atoms with van der Waals surface area (Å²) in [7, 11) is 0. The van der Waals surface area contributed by atoms with Gasteiger partial charge in [0.1, 0.15) is 0 Å². The molecule has 1 aliphatic heterocycles. The van der Waals surface area contributed by atoms with Crippen molar-refractivity contribution in [3.63, 3.8) is 0 Å². The molecule has 0 radical (unpaired) electrons. The molecular weight excluding hydrogens is 396 g/mol. The molecule has 0 bridgehead atoms. The monoisotopic (exact) mass is 428 g/mol. The van der Waals surface area contributed by atoms with Crippen molar-refractivity contribution in [3.8, 4) is 11.3 Å². The summed E-state index contributed by atoms with van der Waals surface area (Å²) in [6.07, 6.45) is 1.80. The number of pyridine rings is 1. The van der Waals surface area contributed by atoms with Gasteiger partial charge in [0.05, 0.1) is 16.8 Å². The van der Waals surface area contributed by atoms with Gasteiger partial charge in [-0.15, -0.1) is 0 Å². The first kappa shape index (κ1) is 22.2. The van der Waals surface area contributed by atoms with Gasteiger partial charge in [0, 0.05) is 42.6 Å². The third kappa shape index (κ3) is 4.89. The number of likely N-dealkylation sites (tertiary alicyclic amines) is 1. The minimum absolute atomic E-state index is 0.0901. The van der Waals surface area contributed by atoms with E-state index in [0.717, 1.165) is 60.3 Å². The molecule has 0 spiro atoms. The number of piperidine rings is 1. The molecule has 32 heavy (non-hydrogen) atoms. The van der Waals surface area contributed by atoms with Crippen LogP contribution in [0.3, 0.4) is 0 Å². The number of rotatable bonds is 4. The number of hydrogen-bond acceptors (Lipinski definition) is 4. The van der Waals surface area contributed by atoms with E-state index in [1.54, 1.807) is 0 Å². The molecule has 1 N–H and O–H groups in total. The molecule has 1 saturated heterocycles. The van der Waals surface area contributed by atoms with Crippen molar-refractivity contribution in [2.75, 3.05) is 19.6 Å². The van der Waals surface area contributed by atoms with Crippen molar-refractivity contribution in [2.45, 2.75) is 46.0 Å². The largest absolute Gasteiger partial charge is 0.303 e. The van der Waals surface area contributed by atoms with Crippen LogP contribution in [0.4, 0.5) is 0 Å². The minimum atomic E-state index is -0.193. The number of carbonyl (C=O) groups excluding carboxylic acids is 1. The summed E-state index contributed by atoms with van der Waals surface area (Å²) < 4.78 is 0. The van der Waals surface area contributed by atoms with E-state index in [4.69, 9.17) is 4.98 Å². The van der Waals surface area contributed by atoms with Gasteiger partial charge in [-0.3, -0.25) is 4.79 Å². The van der Waals surface area contributed by atoms with Crippen LogP contribution >= 0.6 is 0 Å². The second kappa shape index (κ2) is 9.21. The molecule has 4 rings (SSSR count). The van der Waals surface area contributed by atoms with Gasteiger partial charge < -0.3 is 4.90 Å². The first-order chi connectivity index (χ1) is 15.3. The molecule has 3 aromatic rings. The maximum Gasteiger partial charge on any atom is 0.272 e. The maximum atomic E-state index is 13.1. The van der Waals surface area contributed by atoms with Crippen LogP contribution in [0.25, 0.3) is 22.2 Å². The Morgan fingerprint density at radius 2 is 1.75 bits per heavy atom. The quantitative estimate of drug-likeness (QED) is 0.566. The molecule has 1 amide bonds. The van der Waals surface area contributed by atoms with E-state index in [1.165, 1.54) is 5.56 Å². The number of carbonyl (C=O) groups is 1. The van der Waals surface area contributed by atoms with Gasteiger partial charge in [0.15, 0.2) is 0 Å². The highest BCUT2D eigenvalue weighted by molar-refractivity contribution is 6.07. The maximum absolute atomic E-state index is 13.1. The molecule has 1 fully saturated rings. The molecule has 0 atom stereocenters. The summed E-state index contributed by atoms with van der Waals surface area (Å²) in [4.78, 5) is 20.4. The zero-order chi connectivity index (χ0) is 22.7. The van der Waals surface area contributed by atoms with E-state index < -0.39 is 0 Å². The lowest BCUT2D eigenvalue weighted by Gasteiger charge is -2.25. The van der Waals surface area contributed by atoms with Crippen LogP contribution in [0.15, 0.2) is 59.7 Å². The minimum Gasteiger partial charge on any atom is -0.303 e. The summed E-state index contributed by atoms with van der Waals surface area (Å²) in [5.41, 5.74) is 8.41. The Kier molecular flexibility index (Phi) is 6.38. The van der Waals surface area contributed by atoms with Crippen molar-refractivity contribution in [1.29, 1.82) is 0 Å². The van der Waals surface area contributed by atoms with Crippen LogP contribution < -0.4 is 5.43 Å². The summed E-state index contributed by atoms with van der Waals surface area (Å²) in [6.45, 7) is 11.8. The number of para-hydroxylation sites is 1. The van der Waals surface area contributed by atoms with E-state index in [0.29, 0.717) is 5.56 Å². The van der Waals surface area contributed by atoms with E-state index in [1.807, 2.05) is 30.3 Å². The molecule has 1 aromatic heterocycles. The van der Waals surface area contributed by atoms with Crippen molar-refractivity contribution in [1.82, 2.24) is 15.3 Å². The van der Waals surface area contributed by atoms with Crippen molar-refractivity contribution in [3.05, 3.63) is 65.7 Å². The van der Waals surface area contributed by atoms with E-state index in [-0.39, 0.29) is 11.3 Å². The fraction of sp³-hybridized carbons (Fsp3) is 0.370. The predicted molar refractivity (Wildman–Crippen MR) is 132 cm³/mol. The number of fused-ring (bicyclic) bond motifs is 1. The number of nitrogens with zero attached hydrogens (tertiary/aromatic N) is 3. The fourth-order valence-electron chi connectivity index (χ4n) is 4.08. The van der Waals surface area contributed by atoms with Gasteiger partial charge >= 0.3 is 0 Å². The molecular formula is C27H32N4O. The number of hydrogen-bond donors (Lipinski definition) is 1. The molecule has 0 saturated carbocycles. The van der Waals surface area contributed by atoms with Crippen LogP contribution in [0, 0.1) is 0 Å². The number of aromatic nitrogens is 1. The lowest BCUT2D eigenvalue weighted by Crippen LogP contribution is -2.34. The zero-order valence-corrected chi connectivity index (χ0v) is 19.5. The number of nitrogens with one attached hydrogen (secondary N) is 1. The summed E-state index contributed by atoms with van der Waals surface area (Å²) in [6, 6.07) is 18.1. The van der Waals surface area contributed by atoms with Gasteiger partial charge in [-0.2, -0.15) is 5.10 Å². The standard InChI is InChI=1S/C27H32N4O/c1-5-31-16-14-21(15-17-31)29-30-26(32)23-18-25(28-24-9-7-6-8-22(23)24)19-10-12-20(13-11-19)27(2,3)4/h6-13,18H,5,14-17H2,1-4H3,(H,30,32). The number of benzene rings is 2. The van der Waals surface area contributed by atoms with Gasteiger partial charge in [-0.1, -0.05) is 70.2 Å². The van der Waals surface area contributed by atoms with Crippen LogP contribution in [0.2, 0.25) is 0 Å². The molecule has 5 heteroatoms. The molecule has 0 aliphatic carbocycles. The molecule has 1 aliphatic rings. The second-order valence-electron chi connectivity index (χ2n) is 9.45. The van der Waals surface area contributed by atoms with Crippen LogP contribution in [0.5, 0.6) is 0 Å². The molecule has 5 nitrogen and oxygen atoms in total. The normalized spacial score (nSPS) is 15.1. The van der Waals surface area contributed by atoms with Crippen molar-refractivity contribution < 1.29 is 4.79 Å². The highest BCUT2D eigenvalue weighted by Crippen LogP contribution is 2.28. The summed E-state index contributed by atoms with van der Waals surface area (Å²) >= 11 is 0. The van der Waals surface area contributed by atoms with E-state index >= 15 is 0 Å². The Bertz CT molecular complexity index is 1130. The highest BCUT2D eigenvalue weighted by Gasteiger charge is 2.17. The van der Waals surface area contributed by atoms with E-state index in [9.17, 15) is 4.79 Å². The van der Waals surface area contributed by atoms with Crippen molar-refractivity contribution in [2.24, 2.45) is 5.10 Å². The predicted octanol–water partition coefficient (Wildman–Crippen LogP) is 5.40. The Labute approximate surface area is 190 Å². The smallest absolute Gasteiger partial charge is 0.272 e. The first-order valence-corrected chi connectivity index (χ1v) is 11.4. The zero-order valence-electron chi connectivity index (χ0n) is 19.5. The van der Waals surface area contributed by atoms with Gasteiger partial charge in [0.2, 0.25) is 0 Å². The molecule has 2 heterocycles. The second-order valence-corrected chi connectivity index (χ2v) is 9.45. The molecule has 0 unspecified atom stereocenters. The van der Waals surface area contributed by atoms with Crippen LogP contribution in [-0.4, -0.2) is 41.1 Å². The Hall–Kier alpha value is -3.05. The topological polar surface area (TPSA) is 57.6 Å². The Morgan fingerprint density at radius 3 is 2.41 bits per heavy atom. The average molecular weight is 429 g/mol. The third-order valence-corrected chi connectivity index (χ3v) is 6.20. The Morgan fingerprint density at radius 1 is 1.06 bits per heavy atom. The van der Waals surface area contributed by atoms with E-state index in [2.05, 4.69) is 67.4 Å². The first-order valence-electron chi connectivity index (χ1n) is 11.4. The van der Waals surface area contributed by atoms with Gasteiger partial charge in [-0.25, -0.2) is 10.4 Å². The summed E-state index contributed by atoms with van der Waals surface area (Å²) in [5, 5.41) is 5.28. The third-order valence-electron chi connectivity index (χ3n) is 6.20. The van der Waals surface area contributed by atoms with Crippen LogP contribution in [-0.2, 0) is 5.41 Å². The van der Waals surface area contributed by atoms with Gasteiger partial charge in [-0.05, 0) is 29.7 Å². The summed E-state index contributed by atoms with van der Waals surface area (Å²) in [5.74, 6) is -0.193. The SMILES string of the molecule is CCN1CCC(=NNC(=O)c2cc(-c3ccc(C(C)(C)C)cc3)nc3ccccc23)CC1. The number of amides is 1. The lowest BCUT2D eigenvalue weighted by atomic mass is 9.86. The van der Waals surface area contributed by atoms with Gasteiger partial charge in [0.25, 0.3) is 5.91 Å². The Balaban J connectivity index is 1.63. The number of hydrazone groups is 1. The average Bonchev–Trinajstić information content (AvgIpc) is 2.81. The fourth-order valence-corrected chi connectivity index (χ4v) is 4.08.